The summed E-state index contributed by atoms with van der Waals surface area (Å²) in [7, 11) is 0. The molecule has 0 atom stereocenters. The molecule has 1 aromatic carbocycles. The van der Waals surface area contributed by atoms with Crippen LogP contribution >= 0.6 is 22.6 Å². The highest BCUT2D eigenvalue weighted by Gasteiger charge is 2.15. The molecule has 21 heavy (non-hydrogen) atoms. The fraction of sp³-hybridized carbons (Fsp3) is 0.267. The lowest BCUT2D eigenvalue weighted by atomic mass is 10.2. The Morgan fingerprint density at radius 3 is 2.57 bits per heavy atom. The van der Waals surface area contributed by atoms with E-state index in [0.29, 0.717) is 17.4 Å². The second kappa shape index (κ2) is 6.05. The Kier molecular flexibility index (Phi) is 4.55. The van der Waals surface area contributed by atoms with Crippen molar-refractivity contribution < 1.29 is 9.13 Å². The maximum Gasteiger partial charge on any atom is 0.239 e. The summed E-state index contributed by atoms with van der Waals surface area (Å²) in [6, 6.07) is 8.00. The molecule has 0 amide bonds. The van der Waals surface area contributed by atoms with Gasteiger partial charge in [0.05, 0.1) is 11.4 Å². The highest BCUT2D eigenvalue weighted by Crippen LogP contribution is 2.28. The van der Waals surface area contributed by atoms with Gasteiger partial charge in [-0.3, -0.25) is 0 Å². The fourth-order valence-corrected chi connectivity index (χ4v) is 2.23. The Balaban J connectivity index is 2.26. The number of halogens is 2. The van der Waals surface area contributed by atoms with Crippen LogP contribution < -0.4 is 15.8 Å². The third-order valence-corrected chi connectivity index (χ3v) is 3.38. The minimum absolute atomic E-state index is 0.271. The molecule has 0 bridgehead atoms. The van der Waals surface area contributed by atoms with E-state index in [0.717, 1.165) is 9.26 Å². The molecule has 2 rings (SSSR count). The van der Waals surface area contributed by atoms with Crippen LogP contribution in [0.15, 0.2) is 30.3 Å². The molecule has 0 unspecified atom stereocenters. The van der Waals surface area contributed by atoms with Gasteiger partial charge in [0.2, 0.25) is 5.88 Å². The van der Waals surface area contributed by atoms with Crippen molar-refractivity contribution in [3.8, 4) is 5.88 Å². The quantitative estimate of drug-likeness (QED) is 0.752. The van der Waals surface area contributed by atoms with E-state index >= 15 is 0 Å². The van der Waals surface area contributed by atoms with Crippen LogP contribution in [0.25, 0.3) is 0 Å². The lowest BCUT2D eigenvalue weighted by Gasteiger charge is -2.21. The molecule has 112 valence electrons. The molecular weight excluding hydrogens is 384 g/mol. The van der Waals surface area contributed by atoms with Crippen molar-refractivity contribution >= 4 is 39.8 Å². The molecule has 6 heteroatoms. The maximum atomic E-state index is 13.1. The third-order valence-electron chi connectivity index (χ3n) is 2.49. The summed E-state index contributed by atoms with van der Waals surface area (Å²) in [5.41, 5.74) is 6.74. The van der Waals surface area contributed by atoms with Gasteiger partial charge < -0.3 is 15.8 Å². The van der Waals surface area contributed by atoms with E-state index < -0.39 is 0 Å². The molecule has 4 nitrogen and oxygen atoms in total. The zero-order valence-electron chi connectivity index (χ0n) is 12.1. The Hall–Kier alpha value is -1.57. The standard InChI is InChI=1S/C15H17FIN3O/c1-15(2,3)21-14-11(18)5-7-13(20-14)19-12-6-4-9(16)8-10(12)17/h4-8H,18H2,1-3H3,(H,19,20). The second-order valence-corrected chi connectivity index (χ2v) is 6.72. The maximum absolute atomic E-state index is 13.1. The molecule has 0 fully saturated rings. The first-order valence-electron chi connectivity index (χ1n) is 6.42. The largest absolute Gasteiger partial charge is 0.470 e. The highest BCUT2D eigenvalue weighted by atomic mass is 127. The molecule has 0 aliphatic heterocycles. The third kappa shape index (κ3) is 4.45. The van der Waals surface area contributed by atoms with Gasteiger partial charge in [-0.1, -0.05) is 0 Å². The summed E-state index contributed by atoms with van der Waals surface area (Å²) < 4.78 is 19.6. The molecule has 3 N–H and O–H groups in total. The minimum Gasteiger partial charge on any atom is -0.470 e. The molecule has 1 heterocycles. The summed E-state index contributed by atoms with van der Waals surface area (Å²) >= 11 is 2.06. The van der Waals surface area contributed by atoms with Gasteiger partial charge in [0, 0.05) is 3.57 Å². The molecular formula is C15H17FIN3O. The number of hydrogen-bond acceptors (Lipinski definition) is 4. The molecule has 1 aromatic heterocycles. The SMILES string of the molecule is CC(C)(C)Oc1nc(Nc2ccc(F)cc2I)ccc1N. The van der Waals surface area contributed by atoms with E-state index in [-0.39, 0.29) is 11.4 Å². The average molecular weight is 401 g/mol. The zero-order valence-corrected chi connectivity index (χ0v) is 14.2. The summed E-state index contributed by atoms with van der Waals surface area (Å²) in [6.07, 6.45) is 0. The fourth-order valence-electron chi connectivity index (χ4n) is 1.62. The van der Waals surface area contributed by atoms with Gasteiger partial charge in [-0.15, -0.1) is 0 Å². The van der Waals surface area contributed by atoms with E-state index in [2.05, 4.69) is 32.9 Å². The highest BCUT2D eigenvalue weighted by molar-refractivity contribution is 14.1. The number of ether oxygens (including phenoxy) is 1. The van der Waals surface area contributed by atoms with Crippen molar-refractivity contribution in [2.45, 2.75) is 26.4 Å². The van der Waals surface area contributed by atoms with Crippen molar-refractivity contribution in [1.82, 2.24) is 4.98 Å². The number of nitrogens with zero attached hydrogens (tertiary/aromatic N) is 1. The molecule has 0 saturated carbocycles. The minimum atomic E-state index is -0.385. The number of nitrogen functional groups attached to an aromatic ring is 1. The van der Waals surface area contributed by atoms with Crippen molar-refractivity contribution in [2.75, 3.05) is 11.1 Å². The van der Waals surface area contributed by atoms with Gasteiger partial charge in [-0.25, -0.2) is 4.39 Å². The van der Waals surface area contributed by atoms with E-state index in [1.807, 2.05) is 20.8 Å². The van der Waals surface area contributed by atoms with Crippen LogP contribution in [0.4, 0.5) is 21.6 Å². The van der Waals surface area contributed by atoms with Gasteiger partial charge in [-0.05, 0) is 73.7 Å². The van der Waals surface area contributed by atoms with Crippen LogP contribution in [-0.2, 0) is 0 Å². The van der Waals surface area contributed by atoms with E-state index in [4.69, 9.17) is 10.5 Å². The van der Waals surface area contributed by atoms with Crippen molar-refractivity contribution in [3.63, 3.8) is 0 Å². The van der Waals surface area contributed by atoms with Gasteiger partial charge in [0.1, 0.15) is 17.2 Å². The summed E-state index contributed by atoms with van der Waals surface area (Å²) in [6.45, 7) is 5.78. The number of anilines is 3. The first-order valence-corrected chi connectivity index (χ1v) is 7.50. The number of hydrogen-bond donors (Lipinski definition) is 2. The summed E-state index contributed by atoms with van der Waals surface area (Å²) in [4.78, 5) is 4.36. The monoisotopic (exact) mass is 401 g/mol. The number of aromatic nitrogens is 1. The van der Waals surface area contributed by atoms with Crippen LogP contribution in [-0.4, -0.2) is 10.6 Å². The predicted molar refractivity (Wildman–Crippen MR) is 91.4 cm³/mol. The van der Waals surface area contributed by atoms with Gasteiger partial charge in [0.15, 0.2) is 0 Å². The molecule has 0 radical (unpaired) electrons. The van der Waals surface area contributed by atoms with Crippen molar-refractivity contribution in [2.24, 2.45) is 0 Å². The number of pyridine rings is 1. The van der Waals surface area contributed by atoms with Crippen LogP contribution in [0.5, 0.6) is 5.88 Å². The predicted octanol–water partition coefficient (Wildman–Crippen LogP) is 4.33. The van der Waals surface area contributed by atoms with Crippen LogP contribution in [0.2, 0.25) is 0 Å². The molecule has 0 saturated heterocycles. The van der Waals surface area contributed by atoms with E-state index in [1.165, 1.54) is 12.1 Å². The zero-order chi connectivity index (χ0) is 15.6. The van der Waals surface area contributed by atoms with Crippen LogP contribution in [0, 0.1) is 9.39 Å². The van der Waals surface area contributed by atoms with E-state index in [1.54, 1.807) is 18.2 Å². The van der Waals surface area contributed by atoms with E-state index in [9.17, 15) is 4.39 Å². The lowest BCUT2D eigenvalue weighted by molar-refractivity contribution is 0.125. The Labute approximate surface area is 137 Å². The summed E-state index contributed by atoms with van der Waals surface area (Å²) in [5, 5.41) is 3.13. The molecule has 2 aromatic rings. The van der Waals surface area contributed by atoms with Crippen LogP contribution in [0.3, 0.4) is 0 Å². The van der Waals surface area contributed by atoms with Crippen LogP contribution in [0.1, 0.15) is 20.8 Å². The number of nitrogens with two attached hydrogens (primary N) is 1. The van der Waals surface area contributed by atoms with Gasteiger partial charge in [-0.2, -0.15) is 4.98 Å². The number of nitrogens with one attached hydrogen (secondary N) is 1. The molecule has 0 aliphatic carbocycles. The normalized spacial score (nSPS) is 11.3. The van der Waals surface area contributed by atoms with Gasteiger partial charge >= 0.3 is 0 Å². The smallest absolute Gasteiger partial charge is 0.239 e. The Morgan fingerprint density at radius 2 is 1.95 bits per heavy atom. The number of rotatable bonds is 3. The number of benzene rings is 1. The Bertz CT molecular complexity index is 656. The first kappa shape index (κ1) is 15.8. The topological polar surface area (TPSA) is 60.2 Å². The first-order chi connectivity index (χ1) is 9.74. The average Bonchev–Trinajstić information content (AvgIpc) is 2.35. The van der Waals surface area contributed by atoms with Gasteiger partial charge in [0.25, 0.3) is 0 Å². The molecule has 0 spiro atoms. The molecule has 0 aliphatic rings. The lowest BCUT2D eigenvalue weighted by Crippen LogP contribution is -2.24. The Morgan fingerprint density at radius 1 is 1.24 bits per heavy atom. The van der Waals surface area contributed by atoms with Crippen molar-refractivity contribution in [1.29, 1.82) is 0 Å². The second-order valence-electron chi connectivity index (χ2n) is 5.55. The summed E-state index contributed by atoms with van der Waals surface area (Å²) in [5.74, 6) is 0.699. The van der Waals surface area contributed by atoms with Crippen molar-refractivity contribution in [3.05, 3.63) is 39.7 Å².